The summed E-state index contributed by atoms with van der Waals surface area (Å²) < 4.78 is 10.6. The first-order chi connectivity index (χ1) is 6.35. The van der Waals surface area contributed by atoms with Crippen LogP contribution in [-0.2, 0) is 9.47 Å². The summed E-state index contributed by atoms with van der Waals surface area (Å²) in [7, 11) is 0. The number of hydrogen-bond acceptors (Lipinski definition) is 3. The van der Waals surface area contributed by atoms with Crippen molar-refractivity contribution in [2.75, 3.05) is 19.8 Å². The molecule has 0 amide bonds. The van der Waals surface area contributed by atoms with E-state index < -0.39 is 0 Å². The summed E-state index contributed by atoms with van der Waals surface area (Å²) in [6.45, 7) is 8.18. The van der Waals surface area contributed by atoms with Gasteiger partial charge in [0, 0.05) is 13.0 Å². The normalized spacial score (nSPS) is 10.3. The van der Waals surface area contributed by atoms with E-state index >= 15 is 0 Å². The second kappa shape index (κ2) is 9.45. The maximum atomic E-state index is 8.61. The smallest absolute Gasteiger partial charge is 0.158 e. The van der Waals surface area contributed by atoms with Crippen LogP contribution in [0.1, 0.15) is 12.8 Å². The highest BCUT2D eigenvalue weighted by molar-refractivity contribution is 4.67. The Labute approximate surface area is 79.7 Å². The molecule has 0 aliphatic heterocycles. The zero-order valence-electron chi connectivity index (χ0n) is 7.95. The number of aliphatic hydroxyl groups excluding tert-OH is 1. The lowest BCUT2D eigenvalue weighted by atomic mass is 10.3. The third kappa shape index (κ3) is 7.71. The molecular weight excluding hydrogens is 168 g/mol. The van der Waals surface area contributed by atoms with E-state index in [0.717, 1.165) is 0 Å². The second-order valence-electron chi connectivity index (χ2n) is 2.54. The van der Waals surface area contributed by atoms with Crippen LogP contribution in [0.3, 0.4) is 0 Å². The molecule has 0 atom stereocenters. The quantitative estimate of drug-likeness (QED) is 0.438. The van der Waals surface area contributed by atoms with Gasteiger partial charge in [0.05, 0.1) is 13.2 Å². The number of hydrogen-bond donors (Lipinski definition) is 1. The first kappa shape index (κ1) is 12.4. The van der Waals surface area contributed by atoms with Crippen LogP contribution in [0.25, 0.3) is 0 Å². The molecule has 1 N–H and O–H groups in total. The van der Waals surface area contributed by atoms with Crippen LogP contribution in [0.15, 0.2) is 25.3 Å². The fraction of sp³-hybridized carbons (Fsp3) is 0.600. The van der Waals surface area contributed by atoms with Gasteiger partial charge in [-0.25, -0.2) is 0 Å². The van der Waals surface area contributed by atoms with E-state index in [0.29, 0.717) is 26.1 Å². The standard InChI is InChI=1S/C10H18O3/c1-3-8-12-10(6-5-7-11)13-9-4-2/h3-4,10-11H,1-2,5-9H2. The molecule has 0 bridgehead atoms. The monoisotopic (exact) mass is 186 g/mol. The van der Waals surface area contributed by atoms with Crippen molar-refractivity contribution in [2.45, 2.75) is 19.1 Å². The Kier molecular flexibility index (Phi) is 8.98. The van der Waals surface area contributed by atoms with Crippen molar-refractivity contribution in [3.63, 3.8) is 0 Å². The minimum absolute atomic E-state index is 0.158. The van der Waals surface area contributed by atoms with Gasteiger partial charge in [0.15, 0.2) is 6.29 Å². The Morgan fingerprint density at radius 3 is 2.08 bits per heavy atom. The molecule has 0 fully saturated rings. The van der Waals surface area contributed by atoms with Gasteiger partial charge >= 0.3 is 0 Å². The van der Waals surface area contributed by atoms with E-state index in [-0.39, 0.29) is 12.9 Å². The van der Waals surface area contributed by atoms with Gasteiger partial charge in [0.1, 0.15) is 0 Å². The zero-order chi connectivity index (χ0) is 9.94. The van der Waals surface area contributed by atoms with Gasteiger partial charge in [0.2, 0.25) is 0 Å². The van der Waals surface area contributed by atoms with Crippen molar-refractivity contribution in [1.29, 1.82) is 0 Å². The van der Waals surface area contributed by atoms with Crippen molar-refractivity contribution in [2.24, 2.45) is 0 Å². The zero-order valence-corrected chi connectivity index (χ0v) is 7.95. The van der Waals surface area contributed by atoms with E-state index in [4.69, 9.17) is 14.6 Å². The fourth-order valence-electron chi connectivity index (χ4n) is 0.823. The molecule has 0 aliphatic rings. The highest BCUT2D eigenvalue weighted by Gasteiger charge is 2.06. The lowest BCUT2D eigenvalue weighted by Crippen LogP contribution is -2.18. The average molecular weight is 186 g/mol. The molecule has 0 saturated carbocycles. The summed E-state index contributed by atoms with van der Waals surface area (Å²) >= 11 is 0. The summed E-state index contributed by atoms with van der Waals surface area (Å²) in [5, 5.41) is 8.61. The molecule has 0 spiro atoms. The van der Waals surface area contributed by atoms with Crippen LogP contribution in [0.2, 0.25) is 0 Å². The van der Waals surface area contributed by atoms with E-state index in [1.807, 2.05) is 0 Å². The van der Waals surface area contributed by atoms with E-state index in [2.05, 4.69) is 13.2 Å². The molecule has 13 heavy (non-hydrogen) atoms. The van der Waals surface area contributed by atoms with Crippen LogP contribution >= 0.6 is 0 Å². The first-order valence-corrected chi connectivity index (χ1v) is 4.41. The molecule has 76 valence electrons. The molecule has 0 aromatic carbocycles. The number of rotatable bonds is 9. The molecule has 0 aromatic rings. The minimum Gasteiger partial charge on any atom is -0.396 e. The molecule has 3 heteroatoms. The molecule has 0 rings (SSSR count). The van der Waals surface area contributed by atoms with Crippen molar-refractivity contribution < 1.29 is 14.6 Å². The maximum absolute atomic E-state index is 8.61. The SMILES string of the molecule is C=CCOC(CCCO)OCC=C. The predicted octanol–water partition coefficient (Wildman–Crippen LogP) is 1.49. The molecular formula is C10H18O3. The van der Waals surface area contributed by atoms with Crippen LogP contribution in [-0.4, -0.2) is 31.2 Å². The Morgan fingerprint density at radius 1 is 1.15 bits per heavy atom. The van der Waals surface area contributed by atoms with Gasteiger partial charge in [-0.05, 0) is 6.42 Å². The molecule has 0 aromatic heterocycles. The largest absolute Gasteiger partial charge is 0.396 e. The van der Waals surface area contributed by atoms with Gasteiger partial charge in [-0.15, -0.1) is 13.2 Å². The van der Waals surface area contributed by atoms with Crippen molar-refractivity contribution in [3.8, 4) is 0 Å². The molecule has 0 saturated heterocycles. The van der Waals surface area contributed by atoms with Crippen LogP contribution in [0.4, 0.5) is 0 Å². The Bertz CT molecular complexity index is 122. The second-order valence-corrected chi connectivity index (χ2v) is 2.54. The third-order valence-electron chi connectivity index (χ3n) is 1.40. The summed E-state index contributed by atoms with van der Waals surface area (Å²) in [5.74, 6) is 0. The number of aliphatic hydroxyl groups is 1. The van der Waals surface area contributed by atoms with Crippen LogP contribution in [0.5, 0.6) is 0 Å². The summed E-state index contributed by atoms with van der Waals surface area (Å²) in [6, 6.07) is 0. The van der Waals surface area contributed by atoms with Gasteiger partial charge in [0.25, 0.3) is 0 Å². The molecule has 0 unspecified atom stereocenters. The predicted molar refractivity (Wildman–Crippen MR) is 52.4 cm³/mol. The van der Waals surface area contributed by atoms with Crippen LogP contribution < -0.4 is 0 Å². The molecule has 0 heterocycles. The fourth-order valence-corrected chi connectivity index (χ4v) is 0.823. The lowest BCUT2D eigenvalue weighted by molar-refractivity contribution is -0.132. The molecule has 0 aliphatic carbocycles. The van der Waals surface area contributed by atoms with E-state index in [1.165, 1.54) is 0 Å². The average Bonchev–Trinajstić information content (AvgIpc) is 2.17. The van der Waals surface area contributed by atoms with Crippen molar-refractivity contribution >= 4 is 0 Å². The summed E-state index contributed by atoms with van der Waals surface area (Å²) in [6.07, 6.45) is 4.45. The third-order valence-corrected chi connectivity index (χ3v) is 1.40. The topological polar surface area (TPSA) is 38.7 Å². The van der Waals surface area contributed by atoms with Gasteiger partial charge in [-0.2, -0.15) is 0 Å². The van der Waals surface area contributed by atoms with E-state index in [1.54, 1.807) is 12.2 Å². The number of ether oxygens (including phenoxy) is 2. The maximum Gasteiger partial charge on any atom is 0.158 e. The van der Waals surface area contributed by atoms with Crippen molar-refractivity contribution in [1.82, 2.24) is 0 Å². The summed E-state index contributed by atoms with van der Waals surface area (Å²) in [5.41, 5.74) is 0. The lowest BCUT2D eigenvalue weighted by Gasteiger charge is -2.16. The molecule has 3 nitrogen and oxygen atoms in total. The minimum atomic E-state index is -0.261. The molecule has 0 radical (unpaired) electrons. The summed E-state index contributed by atoms with van der Waals surface area (Å²) in [4.78, 5) is 0. The van der Waals surface area contributed by atoms with Gasteiger partial charge in [-0.3, -0.25) is 0 Å². The van der Waals surface area contributed by atoms with E-state index in [9.17, 15) is 0 Å². The Hall–Kier alpha value is -0.640. The van der Waals surface area contributed by atoms with Crippen molar-refractivity contribution in [3.05, 3.63) is 25.3 Å². The highest BCUT2D eigenvalue weighted by atomic mass is 16.7. The Morgan fingerprint density at radius 2 is 1.69 bits per heavy atom. The highest BCUT2D eigenvalue weighted by Crippen LogP contribution is 2.04. The Balaban J connectivity index is 3.58. The van der Waals surface area contributed by atoms with Gasteiger partial charge < -0.3 is 14.6 Å². The van der Waals surface area contributed by atoms with Gasteiger partial charge in [-0.1, -0.05) is 12.2 Å². The van der Waals surface area contributed by atoms with Crippen LogP contribution in [0, 0.1) is 0 Å². The first-order valence-electron chi connectivity index (χ1n) is 4.41.